The SMILES string of the molecule is CCc1nc(Cl)c(C(N)=O)c2c1CCCC2. The number of carbonyl (C=O) groups excluding carboxylic acids is 1. The van der Waals surface area contributed by atoms with E-state index in [9.17, 15) is 4.79 Å². The van der Waals surface area contributed by atoms with Crippen molar-refractivity contribution in [2.24, 2.45) is 5.73 Å². The molecule has 1 amide bonds. The van der Waals surface area contributed by atoms with Crippen LogP contribution in [-0.4, -0.2) is 10.9 Å². The van der Waals surface area contributed by atoms with Gasteiger partial charge >= 0.3 is 0 Å². The van der Waals surface area contributed by atoms with Crippen molar-refractivity contribution < 1.29 is 4.79 Å². The summed E-state index contributed by atoms with van der Waals surface area (Å²) >= 11 is 6.03. The number of amides is 1. The summed E-state index contributed by atoms with van der Waals surface area (Å²) in [6, 6.07) is 0. The fourth-order valence-corrected chi connectivity index (χ4v) is 2.72. The molecule has 0 unspecified atom stereocenters. The van der Waals surface area contributed by atoms with Crippen LogP contribution in [0.4, 0.5) is 0 Å². The predicted molar refractivity (Wildman–Crippen MR) is 63.8 cm³/mol. The van der Waals surface area contributed by atoms with Gasteiger partial charge in [-0.25, -0.2) is 4.98 Å². The van der Waals surface area contributed by atoms with Crippen LogP contribution >= 0.6 is 11.6 Å². The van der Waals surface area contributed by atoms with E-state index in [1.807, 2.05) is 0 Å². The average molecular weight is 239 g/mol. The number of nitrogens with zero attached hydrogens (tertiary/aromatic N) is 1. The third-order valence-electron chi connectivity index (χ3n) is 3.14. The van der Waals surface area contributed by atoms with Crippen molar-refractivity contribution in [3.8, 4) is 0 Å². The Balaban J connectivity index is 2.67. The highest BCUT2D eigenvalue weighted by atomic mass is 35.5. The maximum Gasteiger partial charge on any atom is 0.252 e. The average Bonchev–Trinajstić information content (AvgIpc) is 2.27. The molecule has 0 atom stereocenters. The second-order valence-corrected chi connectivity index (χ2v) is 4.46. The number of carbonyl (C=O) groups is 1. The monoisotopic (exact) mass is 238 g/mol. The van der Waals surface area contributed by atoms with E-state index in [0.29, 0.717) is 5.56 Å². The molecule has 0 saturated carbocycles. The minimum atomic E-state index is -0.460. The maximum absolute atomic E-state index is 11.4. The van der Waals surface area contributed by atoms with Gasteiger partial charge in [-0.05, 0) is 43.2 Å². The van der Waals surface area contributed by atoms with Crippen LogP contribution in [0, 0.1) is 0 Å². The third kappa shape index (κ3) is 1.80. The zero-order chi connectivity index (χ0) is 11.7. The Bertz CT molecular complexity index is 443. The summed E-state index contributed by atoms with van der Waals surface area (Å²) < 4.78 is 0. The summed E-state index contributed by atoms with van der Waals surface area (Å²) in [5.74, 6) is -0.460. The van der Waals surface area contributed by atoms with Crippen molar-refractivity contribution in [1.29, 1.82) is 0 Å². The summed E-state index contributed by atoms with van der Waals surface area (Å²) in [6.45, 7) is 2.05. The van der Waals surface area contributed by atoms with Crippen LogP contribution in [0.2, 0.25) is 5.15 Å². The number of pyridine rings is 1. The highest BCUT2D eigenvalue weighted by molar-refractivity contribution is 6.32. The second kappa shape index (κ2) is 4.42. The first-order valence-corrected chi connectivity index (χ1v) is 6.02. The fourth-order valence-electron chi connectivity index (χ4n) is 2.41. The third-order valence-corrected chi connectivity index (χ3v) is 3.41. The Hall–Kier alpha value is -1.09. The minimum Gasteiger partial charge on any atom is -0.365 e. The molecule has 16 heavy (non-hydrogen) atoms. The lowest BCUT2D eigenvalue weighted by atomic mass is 9.87. The Morgan fingerprint density at radius 2 is 2.00 bits per heavy atom. The molecule has 1 heterocycles. The molecule has 2 rings (SSSR count). The standard InChI is InChI=1S/C12H15ClN2O/c1-2-9-7-5-3-4-6-8(7)10(12(14)16)11(13)15-9/h2-6H2,1H3,(H2,14,16). The minimum absolute atomic E-state index is 0.269. The Kier molecular flexibility index (Phi) is 3.15. The summed E-state index contributed by atoms with van der Waals surface area (Å²) in [5.41, 5.74) is 9.06. The lowest BCUT2D eigenvalue weighted by molar-refractivity contribution is 0.0999. The van der Waals surface area contributed by atoms with Crippen molar-refractivity contribution in [2.45, 2.75) is 39.0 Å². The number of halogens is 1. The number of primary amides is 1. The maximum atomic E-state index is 11.4. The first kappa shape index (κ1) is 11.4. The number of hydrogen-bond donors (Lipinski definition) is 1. The molecule has 1 aliphatic carbocycles. The van der Waals surface area contributed by atoms with E-state index in [0.717, 1.165) is 43.4 Å². The van der Waals surface area contributed by atoms with Crippen molar-refractivity contribution in [3.63, 3.8) is 0 Å². The molecule has 0 aromatic carbocycles. The molecule has 1 aliphatic rings. The zero-order valence-corrected chi connectivity index (χ0v) is 10.1. The molecule has 3 nitrogen and oxygen atoms in total. The smallest absolute Gasteiger partial charge is 0.252 e. The van der Waals surface area contributed by atoms with Gasteiger partial charge in [-0.1, -0.05) is 18.5 Å². The van der Waals surface area contributed by atoms with E-state index in [1.54, 1.807) is 0 Å². The van der Waals surface area contributed by atoms with Crippen LogP contribution in [0.15, 0.2) is 0 Å². The molecule has 0 aliphatic heterocycles. The van der Waals surface area contributed by atoms with Gasteiger partial charge in [-0.3, -0.25) is 4.79 Å². The Labute approximate surface area is 100 Å². The molecule has 2 N–H and O–H groups in total. The largest absolute Gasteiger partial charge is 0.365 e. The molecule has 0 bridgehead atoms. The van der Waals surface area contributed by atoms with Gasteiger partial charge in [0.2, 0.25) is 0 Å². The topological polar surface area (TPSA) is 56.0 Å². The number of rotatable bonds is 2. The first-order chi connectivity index (χ1) is 7.65. The number of hydrogen-bond acceptors (Lipinski definition) is 2. The lowest BCUT2D eigenvalue weighted by Gasteiger charge is -2.21. The van der Waals surface area contributed by atoms with Crippen molar-refractivity contribution in [1.82, 2.24) is 4.98 Å². The molecule has 0 fully saturated rings. The van der Waals surface area contributed by atoms with Crippen LogP contribution in [0.1, 0.15) is 46.9 Å². The lowest BCUT2D eigenvalue weighted by Crippen LogP contribution is -2.20. The van der Waals surface area contributed by atoms with Crippen LogP contribution in [0.25, 0.3) is 0 Å². The Morgan fingerprint density at radius 3 is 2.56 bits per heavy atom. The normalized spacial score (nSPS) is 14.6. The van der Waals surface area contributed by atoms with Gasteiger partial charge in [0, 0.05) is 5.69 Å². The van der Waals surface area contributed by atoms with Crippen LogP contribution in [0.5, 0.6) is 0 Å². The highest BCUT2D eigenvalue weighted by Gasteiger charge is 2.23. The molecule has 86 valence electrons. The molecular formula is C12H15ClN2O. The van der Waals surface area contributed by atoms with Crippen molar-refractivity contribution in [3.05, 3.63) is 27.5 Å². The van der Waals surface area contributed by atoms with E-state index in [2.05, 4.69) is 11.9 Å². The molecular weight excluding hydrogens is 224 g/mol. The van der Waals surface area contributed by atoms with Crippen LogP contribution in [0.3, 0.4) is 0 Å². The van der Waals surface area contributed by atoms with Gasteiger partial charge in [0.25, 0.3) is 5.91 Å². The van der Waals surface area contributed by atoms with Gasteiger partial charge in [-0.2, -0.15) is 0 Å². The van der Waals surface area contributed by atoms with Crippen LogP contribution < -0.4 is 5.73 Å². The molecule has 0 saturated heterocycles. The number of nitrogens with two attached hydrogens (primary N) is 1. The molecule has 1 aromatic rings. The van der Waals surface area contributed by atoms with Gasteiger partial charge in [0.05, 0.1) is 5.56 Å². The van der Waals surface area contributed by atoms with E-state index < -0.39 is 5.91 Å². The molecule has 4 heteroatoms. The quantitative estimate of drug-likeness (QED) is 0.804. The molecule has 0 spiro atoms. The van der Waals surface area contributed by atoms with Gasteiger partial charge < -0.3 is 5.73 Å². The van der Waals surface area contributed by atoms with E-state index in [1.165, 1.54) is 5.56 Å². The number of fused-ring (bicyclic) bond motifs is 1. The van der Waals surface area contributed by atoms with Crippen molar-refractivity contribution in [2.75, 3.05) is 0 Å². The van der Waals surface area contributed by atoms with Gasteiger partial charge in [0.15, 0.2) is 0 Å². The number of aromatic nitrogens is 1. The van der Waals surface area contributed by atoms with E-state index >= 15 is 0 Å². The molecule has 0 radical (unpaired) electrons. The van der Waals surface area contributed by atoms with Crippen molar-refractivity contribution >= 4 is 17.5 Å². The van der Waals surface area contributed by atoms with E-state index in [4.69, 9.17) is 17.3 Å². The summed E-state index contributed by atoms with van der Waals surface area (Å²) in [4.78, 5) is 15.7. The number of aryl methyl sites for hydroxylation is 1. The van der Waals surface area contributed by atoms with E-state index in [-0.39, 0.29) is 5.15 Å². The summed E-state index contributed by atoms with van der Waals surface area (Å²) in [7, 11) is 0. The second-order valence-electron chi connectivity index (χ2n) is 4.11. The summed E-state index contributed by atoms with van der Waals surface area (Å²) in [6.07, 6.45) is 4.98. The Morgan fingerprint density at radius 1 is 1.38 bits per heavy atom. The summed E-state index contributed by atoms with van der Waals surface area (Å²) in [5, 5.41) is 0.269. The van der Waals surface area contributed by atoms with Gasteiger partial charge in [0.1, 0.15) is 5.15 Å². The molecule has 1 aromatic heterocycles. The first-order valence-electron chi connectivity index (χ1n) is 5.65. The van der Waals surface area contributed by atoms with Gasteiger partial charge in [-0.15, -0.1) is 0 Å². The highest BCUT2D eigenvalue weighted by Crippen LogP contribution is 2.30. The van der Waals surface area contributed by atoms with Crippen LogP contribution in [-0.2, 0) is 19.3 Å². The fraction of sp³-hybridized carbons (Fsp3) is 0.500. The predicted octanol–water partition coefficient (Wildman–Crippen LogP) is 2.28. The zero-order valence-electron chi connectivity index (χ0n) is 9.35.